The van der Waals surface area contributed by atoms with Crippen molar-refractivity contribution >= 4 is 23.5 Å². The molecule has 2 N–H and O–H groups in total. The van der Waals surface area contributed by atoms with Gasteiger partial charge in [0.15, 0.2) is 5.11 Å². The van der Waals surface area contributed by atoms with E-state index in [0.29, 0.717) is 17.6 Å². The van der Waals surface area contributed by atoms with Crippen LogP contribution in [0.4, 0.5) is 0 Å². The van der Waals surface area contributed by atoms with Gasteiger partial charge in [-0.2, -0.15) is 5.10 Å². The normalized spacial score (nSPS) is 10.6. The van der Waals surface area contributed by atoms with Gasteiger partial charge in [0.25, 0.3) is 0 Å². The maximum atomic E-state index is 5.61. The summed E-state index contributed by atoms with van der Waals surface area (Å²) in [6.45, 7) is 9.17. The van der Waals surface area contributed by atoms with Crippen molar-refractivity contribution in [1.82, 2.24) is 10.7 Å². The van der Waals surface area contributed by atoms with Crippen LogP contribution in [0.15, 0.2) is 42.0 Å². The van der Waals surface area contributed by atoms with Gasteiger partial charge in [-0.05, 0) is 48.0 Å². The molecule has 4 nitrogen and oxygen atoms in total. The number of hydrogen-bond donors (Lipinski definition) is 2. The molecule has 0 aliphatic heterocycles. The molecule has 0 spiro atoms. The predicted octanol–water partition coefficient (Wildman–Crippen LogP) is 2.71. The number of hydrazone groups is 1. The number of ether oxygens (including phenoxy) is 1. The third kappa shape index (κ3) is 6.89. The molecule has 0 heterocycles. The van der Waals surface area contributed by atoms with Crippen LogP contribution in [0, 0.1) is 5.92 Å². The first-order chi connectivity index (χ1) is 9.61. The Balaban J connectivity index is 2.40. The van der Waals surface area contributed by atoms with Gasteiger partial charge in [0.1, 0.15) is 5.75 Å². The van der Waals surface area contributed by atoms with Gasteiger partial charge < -0.3 is 10.1 Å². The fourth-order valence-electron chi connectivity index (χ4n) is 1.28. The molecule has 0 saturated carbocycles. The second-order valence-corrected chi connectivity index (χ2v) is 5.05. The van der Waals surface area contributed by atoms with Gasteiger partial charge in [0, 0.05) is 6.54 Å². The van der Waals surface area contributed by atoms with Crippen molar-refractivity contribution in [3.63, 3.8) is 0 Å². The van der Waals surface area contributed by atoms with E-state index in [1.807, 2.05) is 24.3 Å². The van der Waals surface area contributed by atoms with E-state index < -0.39 is 0 Å². The summed E-state index contributed by atoms with van der Waals surface area (Å²) in [4.78, 5) is 0. The SMILES string of the molecule is C=CCNC(=S)N/N=C\c1ccc(OCC(C)C)cc1. The number of thiocarbonyl (C=S) groups is 1. The lowest BCUT2D eigenvalue weighted by molar-refractivity contribution is 0.271. The number of hydrogen-bond acceptors (Lipinski definition) is 3. The van der Waals surface area contributed by atoms with Crippen molar-refractivity contribution in [3.05, 3.63) is 42.5 Å². The molecule has 0 atom stereocenters. The average molecular weight is 291 g/mol. The molecular weight excluding hydrogens is 270 g/mol. The maximum Gasteiger partial charge on any atom is 0.187 e. The fraction of sp³-hybridized carbons (Fsp3) is 0.333. The first-order valence-electron chi connectivity index (χ1n) is 6.52. The van der Waals surface area contributed by atoms with Crippen LogP contribution in [0.5, 0.6) is 5.75 Å². The van der Waals surface area contributed by atoms with Crippen molar-refractivity contribution in [2.75, 3.05) is 13.2 Å². The van der Waals surface area contributed by atoms with E-state index >= 15 is 0 Å². The van der Waals surface area contributed by atoms with Gasteiger partial charge >= 0.3 is 0 Å². The minimum atomic E-state index is 0.470. The van der Waals surface area contributed by atoms with Crippen molar-refractivity contribution in [1.29, 1.82) is 0 Å². The topological polar surface area (TPSA) is 45.7 Å². The van der Waals surface area contributed by atoms with Crippen molar-refractivity contribution < 1.29 is 4.74 Å². The van der Waals surface area contributed by atoms with Crippen molar-refractivity contribution in [3.8, 4) is 5.75 Å². The molecule has 0 unspecified atom stereocenters. The van der Waals surface area contributed by atoms with Crippen LogP contribution in [-0.4, -0.2) is 24.5 Å². The molecule has 0 aliphatic carbocycles. The third-order valence-electron chi connectivity index (χ3n) is 2.25. The van der Waals surface area contributed by atoms with Crippen LogP contribution in [0.2, 0.25) is 0 Å². The number of benzene rings is 1. The molecule has 0 saturated heterocycles. The molecule has 0 radical (unpaired) electrons. The predicted molar refractivity (Wildman–Crippen MR) is 88.3 cm³/mol. The quantitative estimate of drug-likeness (QED) is 0.351. The Hall–Kier alpha value is -1.88. The lowest BCUT2D eigenvalue weighted by Gasteiger charge is -2.08. The molecule has 0 aromatic heterocycles. The summed E-state index contributed by atoms with van der Waals surface area (Å²) in [6.07, 6.45) is 3.43. The first kappa shape index (κ1) is 16.2. The lowest BCUT2D eigenvalue weighted by Crippen LogP contribution is -2.31. The van der Waals surface area contributed by atoms with Crippen LogP contribution in [0.25, 0.3) is 0 Å². The molecule has 108 valence electrons. The molecule has 0 fully saturated rings. The zero-order valence-corrected chi connectivity index (χ0v) is 12.7. The Morgan fingerprint density at radius 2 is 2.10 bits per heavy atom. The van der Waals surface area contributed by atoms with Gasteiger partial charge in [-0.15, -0.1) is 6.58 Å². The zero-order valence-electron chi connectivity index (χ0n) is 11.9. The average Bonchev–Trinajstić information content (AvgIpc) is 2.44. The summed E-state index contributed by atoms with van der Waals surface area (Å²) < 4.78 is 5.61. The first-order valence-corrected chi connectivity index (χ1v) is 6.93. The van der Waals surface area contributed by atoms with Crippen LogP contribution < -0.4 is 15.5 Å². The number of rotatable bonds is 7. The molecule has 0 aliphatic rings. The highest BCUT2D eigenvalue weighted by Crippen LogP contribution is 2.12. The van der Waals surface area contributed by atoms with E-state index in [-0.39, 0.29) is 0 Å². The highest BCUT2D eigenvalue weighted by molar-refractivity contribution is 7.80. The van der Waals surface area contributed by atoms with Crippen LogP contribution >= 0.6 is 12.2 Å². The van der Waals surface area contributed by atoms with Gasteiger partial charge in [0.2, 0.25) is 0 Å². The smallest absolute Gasteiger partial charge is 0.187 e. The van der Waals surface area contributed by atoms with Gasteiger partial charge in [-0.1, -0.05) is 19.9 Å². The molecular formula is C15H21N3OS. The van der Waals surface area contributed by atoms with E-state index in [1.54, 1.807) is 12.3 Å². The number of nitrogens with one attached hydrogen (secondary N) is 2. The van der Waals surface area contributed by atoms with Crippen LogP contribution in [0.3, 0.4) is 0 Å². The Bertz CT molecular complexity index is 455. The summed E-state index contributed by atoms with van der Waals surface area (Å²) >= 11 is 5.01. The van der Waals surface area contributed by atoms with Gasteiger partial charge in [0.05, 0.1) is 12.8 Å². The second kappa shape index (κ2) is 9.09. The Kier molecular flexibility index (Phi) is 7.35. The summed E-state index contributed by atoms with van der Waals surface area (Å²) in [6, 6.07) is 7.75. The molecule has 1 aromatic rings. The summed E-state index contributed by atoms with van der Waals surface area (Å²) in [7, 11) is 0. The minimum Gasteiger partial charge on any atom is -0.493 e. The van der Waals surface area contributed by atoms with E-state index in [2.05, 4.69) is 36.3 Å². The highest BCUT2D eigenvalue weighted by Gasteiger charge is 1.97. The molecule has 5 heteroatoms. The largest absolute Gasteiger partial charge is 0.493 e. The third-order valence-corrected chi connectivity index (χ3v) is 2.49. The van der Waals surface area contributed by atoms with E-state index in [4.69, 9.17) is 17.0 Å². The summed E-state index contributed by atoms with van der Waals surface area (Å²) in [5.41, 5.74) is 3.70. The minimum absolute atomic E-state index is 0.470. The molecule has 1 aromatic carbocycles. The van der Waals surface area contributed by atoms with E-state index in [0.717, 1.165) is 17.9 Å². The lowest BCUT2D eigenvalue weighted by atomic mass is 10.2. The Morgan fingerprint density at radius 1 is 1.40 bits per heavy atom. The maximum absolute atomic E-state index is 5.61. The standard InChI is InChI=1S/C15H21N3OS/c1-4-9-16-15(20)18-17-10-13-5-7-14(8-6-13)19-11-12(2)3/h4-8,10,12H,1,9,11H2,2-3H3,(H2,16,18,20)/b17-10-. The highest BCUT2D eigenvalue weighted by atomic mass is 32.1. The fourth-order valence-corrected chi connectivity index (χ4v) is 1.42. The Labute approximate surface area is 125 Å². The molecule has 1 rings (SSSR count). The van der Waals surface area contributed by atoms with Crippen LogP contribution in [0.1, 0.15) is 19.4 Å². The van der Waals surface area contributed by atoms with Gasteiger partial charge in [-0.3, -0.25) is 5.43 Å². The zero-order chi connectivity index (χ0) is 14.8. The number of nitrogens with zero attached hydrogens (tertiary/aromatic N) is 1. The van der Waals surface area contributed by atoms with Crippen LogP contribution in [-0.2, 0) is 0 Å². The molecule has 0 amide bonds. The van der Waals surface area contributed by atoms with Gasteiger partial charge in [-0.25, -0.2) is 0 Å². The second-order valence-electron chi connectivity index (χ2n) is 4.64. The Morgan fingerprint density at radius 3 is 2.70 bits per heavy atom. The molecule has 20 heavy (non-hydrogen) atoms. The van der Waals surface area contributed by atoms with E-state index in [1.165, 1.54) is 0 Å². The van der Waals surface area contributed by atoms with E-state index in [9.17, 15) is 0 Å². The van der Waals surface area contributed by atoms with Crippen molar-refractivity contribution in [2.24, 2.45) is 11.0 Å². The monoisotopic (exact) mass is 291 g/mol. The molecule has 0 bridgehead atoms. The van der Waals surface area contributed by atoms with Crippen molar-refractivity contribution in [2.45, 2.75) is 13.8 Å². The summed E-state index contributed by atoms with van der Waals surface area (Å²) in [5.74, 6) is 1.39. The summed E-state index contributed by atoms with van der Waals surface area (Å²) in [5, 5.41) is 7.44.